The Morgan fingerprint density at radius 3 is 2.31 bits per heavy atom. The smallest absolute Gasteiger partial charge is 0.550 e. The Bertz CT molecular complexity index is 211. The van der Waals surface area contributed by atoms with Gasteiger partial charge in [-0.2, -0.15) is 0 Å². The Morgan fingerprint density at radius 1 is 1.38 bits per heavy atom. The number of carboxylic acids is 1. The van der Waals surface area contributed by atoms with Gasteiger partial charge in [0.25, 0.3) is 0 Å². The van der Waals surface area contributed by atoms with Gasteiger partial charge < -0.3 is 9.90 Å². The maximum absolute atomic E-state index is 10.9. The molecule has 0 saturated heterocycles. The summed E-state index contributed by atoms with van der Waals surface area (Å²) in [6, 6.07) is 0. The van der Waals surface area contributed by atoms with Gasteiger partial charge in [-0.05, 0) is 12.8 Å². The van der Waals surface area contributed by atoms with E-state index in [1.165, 1.54) is 0 Å². The first-order chi connectivity index (χ1) is 5.71. The second-order valence-corrected chi connectivity index (χ2v) is 3.51. The normalized spacial score (nSPS) is 19.6. The van der Waals surface area contributed by atoms with Crippen molar-refractivity contribution >= 4 is 5.97 Å². The third kappa shape index (κ3) is 3.02. The van der Waals surface area contributed by atoms with Crippen molar-refractivity contribution < 1.29 is 39.5 Å². The monoisotopic (exact) mass is 188 g/mol. The molecule has 1 saturated carbocycles. The molecule has 0 radical (unpaired) electrons. The van der Waals surface area contributed by atoms with E-state index in [0.717, 1.165) is 19.3 Å². The first-order valence-corrected chi connectivity index (χ1v) is 4.36. The maximum Gasteiger partial charge on any atom is 1.00 e. The number of terminal acetylenes is 1. The summed E-state index contributed by atoms with van der Waals surface area (Å²) < 4.78 is 0. The molecule has 0 unspecified atom stereocenters. The fraction of sp³-hybridized carbons (Fsp3) is 0.700. The van der Waals surface area contributed by atoms with Crippen LogP contribution in [-0.4, -0.2) is 5.97 Å². The van der Waals surface area contributed by atoms with Crippen LogP contribution in [0.1, 0.15) is 38.5 Å². The molecule has 1 rings (SSSR count). The molecule has 2 nitrogen and oxygen atoms in total. The standard InChI is InChI=1S/C10H14O2.Na/c1-2-6-10(9(11)12)7-4-3-5-8-10;/h1H,3-8H2,(H,11,12);/q;+1/p-1. The quantitative estimate of drug-likeness (QED) is 0.361. The summed E-state index contributed by atoms with van der Waals surface area (Å²) in [4.78, 5) is 10.9. The summed E-state index contributed by atoms with van der Waals surface area (Å²) in [6.45, 7) is 0. The van der Waals surface area contributed by atoms with Crippen LogP contribution in [0, 0.1) is 17.8 Å². The van der Waals surface area contributed by atoms with Crippen molar-refractivity contribution in [3.05, 3.63) is 0 Å². The molecule has 0 aromatic carbocycles. The predicted molar refractivity (Wildman–Crippen MR) is 44.0 cm³/mol. The second-order valence-electron chi connectivity index (χ2n) is 3.51. The fourth-order valence-corrected chi connectivity index (χ4v) is 1.88. The number of hydrogen-bond donors (Lipinski definition) is 0. The molecule has 0 aliphatic heterocycles. The van der Waals surface area contributed by atoms with Crippen molar-refractivity contribution in [3.8, 4) is 12.3 Å². The zero-order valence-electron chi connectivity index (χ0n) is 8.14. The van der Waals surface area contributed by atoms with Crippen molar-refractivity contribution in [2.45, 2.75) is 38.5 Å². The van der Waals surface area contributed by atoms with E-state index >= 15 is 0 Å². The van der Waals surface area contributed by atoms with E-state index in [9.17, 15) is 9.90 Å². The van der Waals surface area contributed by atoms with E-state index in [1.54, 1.807) is 0 Å². The van der Waals surface area contributed by atoms with Crippen LogP contribution < -0.4 is 34.7 Å². The van der Waals surface area contributed by atoms with Crippen molar-refractivity contribution in [3.63, 3.8) is 0 Å². The number of carbonyl (C=O) groups is 1. The molecule has 0 atom stereocenters. The fourth-order valence-electron chi connectivity index (χ4n) is 1.88. The van der Waals surface area contributed by atoms with Crippen LogP contribution in [0.15, 0.2) is 0 Å². The third-order valence-corrected chi connectivity index (χ3v) is 2.68. The summed E-state index contributed by atoms with van der Waals surface area (Å²) in [6.07, 6.45) is 9.92. The minimum atomic E-state index is -0.958. The summed E-state index contributed by atoms with van der Waals surface area (Å²) in [7, 11) is 0. The van der Waals surface area contributed by atoms with Crippen LogP contribution in [-0.2, 0) is 4.79 Å². The van der Waals surface area contributed by atoms with Gasteiger partial charge in [0.2, 0.25) is 0 Å². The number of hydrogen-bond acceptors (Lipinski definition) is 2. The van der Waals surface area contributed by atoms with Crippen LogP contribution in [0.5, 0.6) is 0 Å². The minimum absolute atomic E-state index is 0. The predicted octanol–water partition coefficient (Wildman–Crippen LogP) is -2.29. The molecule has 0 amide bonds. The van der Waals surface area contributed by atoms with Gasteiger partial charge in [-0.15, -0.1) is 12.3 Å². The van der Waals surface area contributed by atoms with Crippen LogP contribution >= 0.6 is 0 Å². The summed E-state index contributed by atoms with van der Waals surface area (Å²) in [5.41, 5.74) is -0.701. The Balaban J connectivity index is 0.00000144. The number of carboxylic acid groups (broad SMARTS) is 1. The molecule has 0 aromatic rings. The van der Waals surface area contributed by atoms with Gasteiger partial charge in [-0.1, -0.05) is 19.3 Å². The molecule has 1 fully saturated rings. The van der Waals surface area contributed by atoms with Crippen LogP contribution in [0.2, 0.25) is 0 Å². The Labute approximate surface area is 101 Å². The molecule has 0 spiro atoms. The number of rotatable bonds is 2. The molecule has 1 aliphatic carbocycles. The molecule has 1 aliphatic rings. The van der Waals surface area contributed by atoms with E-state index in [4.69, 9.17) is 6.42 Å². The summed E-state index contributed by atoms with van der Waals surface area (Å²) >= 11 is 0. The number of aliphatic carboxylic acids is 1. The zero-order chi connectivity index (χ0) is 9.03. The van der Waals surface area contributed by atoms with Crippen molar-refractivity contribution in [2.24, 2.45) is 5.41 Å². The van der Waals surface area contributed by atoms with Crippen molar-refractivity contribution in [1.29, 1.82) is 0 Å². The van der Waals surface area contributed by atoms with Gasteiger partial charge >= 0.3 is 29.6 Å². The first-order valence-electron chi connectivity index (χ1n) is 4.36. The molecular formula is C10H13NaO2. The molecular weight excluding hydrogens is 175 g/mol. The molecule has 3 heteroatoms. The SMILES string of the molecule is C#CCC1(C(=O)[O-])CCCCC1.[Na+]. The van der Waals surface area contributed by atoms with E-state index in [1.807, 2.05) is 0 Å². The van der Waals surface area contributed by atoms with Crippen LogP contribution in [0.4, 0.5) is 0 Å². The molecule has 0 bridgehead atoms. The van der Waals surface area contributed by atoms with Crippen molar-refractivity contribution in [1.82, 2.24) is 0 Å². The van der Waals surface area contributed by atoms with E-state index in [2.05, 4.69) is 5.92 Å². The van der Waals surface area contributed by atoms with Gasteiger partial charge in [0, 0.05) is 17.8 Å². The third-order valence-electron chi connectivity index (χ3n) is 2.68. The van der Waals surface area contributed by atoms with E-state index in [0.29, 0.717) is 19.3 Å². The first kappa shape index (κ1) is 13.0. The average Bonchev–Trinajstić information content (AvgIpc) is 2.06. The maximum atomic E-state index is 10.9. The zero-order valence-corrected chi connectivity index (χ0v) is 10.1. The van der Waals surface area contributed by atoms with Crippen LogP contribution in [0.25, 0.3) is 0 Å². The Morgan fingerprint density at radius 2 is 1.92 bits per heavy atom. The Kier molecular flexibility index (Phi) is 5.71. The number of carbonyl (C=O) groups excluding carboxylic acids is 1. The van der Waals surface area contributed by atoms with Gasteiger partial charge in [-0.3, -0.25) is 0 Å². The summed E-state index contributed by atoms with van der Waals surface area (Å²) in [5.74, 6) is 1.48. The Hall–Kier alpha value is 0.0300. The van der Waals surface area contributed by atoms with E-state index in [-0.39, 0.29) is 29.6 Å². The topological polar surface area (TPSA) is 40.1 Å². The van der Waals surface area contributed by atoms with Gasteiger partial charge in [-0.25, -0.2) is 0 Å². The molecule has 0 aromatic heterocycles. The summed E-state index contributed by atoms with van der Waals surface area (Å²) in [5, 5.41) is 10.9. The minimum Gasteiger partial charge on any atom is -0.550 e. The molecule has 13 heavy (non-hydrogen) atoms. The second kappa shape index (κ2) is 5.70. The van der Waals surface area contributed by atoms with Crippen molar-refractivity contribution in [2.75, 3.05) is 0 Å². The molecule has 0 heterocycles. The molecule has 66 valence electrons. The van der Waals surface area contributed by atoms with Gasteiger partial charge in [0.1, 0.15) is 0 Å². The average molecular weight is 188 g/mol. The molecule has 0 N–H and O–H groups in total. The van der Waals surface area contributed by atoms with Crippen LogP contribution in [0.3, 0.4) is 0 Å². The largest absolute Gasteiger partial charge is 1.00 e. The van der Waals surface area contributed by atoms with Gasteiger partial charge in [0.15, 0.2) is 0 Å². The van der Waals surface area contributed by atoms with E-state index < -0.39 is 11.4 Å². The van der Waals surface area contributed by atoms with Gasteiger partial charge in [0.05, 0.1) is 0 Å².